The average Bonchev–Trinajstić information content (AvgIpc) is 3.02. The summed E-state index contributed by atoms with van der Waals surface area (Å²) < 4.78 is 5.95. The van der Waals surface area contributed by atoms with Crippen LogP contribution in [0.3, 0.4) is 0 Å². The minimum absolute atomic E-state index is 0.163. The predicted octanol–water partition coefficient (Wildman–Crippen LogP) is 3.59. The van der Waals surface area contributed by atoms with Crippen molar-refractivity contribution in [2.24, 2.45) is 0 Å². The van der Waals surface area contributed by atoms with Crippen LogP contribution in [0.15, 0.2) is 48.5 Å². The number of carbonyl (C=O) groups excluding carboxylic acids is 2. The van der Waals surface area contributed by atoms with Gasteiger partial charge in [-0.15, -0.1) is 0 Å². The minimum atomic E-state index is -1.16. The van der Waals surface area contributed by atoms with Crippen molar-refractivity contribution in [2.75, 3.05) is 11.4 Å². The Hall–Kier alpha value is -2.53. The number of hydrogen-bond acceptors (Lipinski definition) is 3. The van der Waals surface area contributed by atoms with Gasteiger partial charge in [0.1, 0.15) is 11.8 Å². The standard InChI is InChI=1S/C21H23ClN2O3/c1-4-23-19(25)18-13-14-7-5-6-8-17(14)24(18)20(26)21(2,3)27-16-11-9-15(22)10-12-16/h5-12,18H,4,13H2,1-3H3,(H,23,25). The Labute approximate surface area is 164 Å². The molecule has 0 saturated heterocycles. The van der Waals surface area contributed by atoms with Gasteiger partial charge in [0.2, 0.25) is 5.91 Å². The molecule has 5 nitrogen and oxygen atoms in total. The Bertz CT molecular complexity index is 849. The molecule has 1 aliphatic heterocycles. The Balaban J connectivity index is 1.91. The summed E-state index contributed by atoms with van der Waals surface area (Å²) in [6, 6.07) is 13.9. The number of ether oxygens (including phenoxy) is 1. The summed E-state index contributed by atoms with van der Waals surface area (Å²) in [5.41, 5.74) is 0.576. The number of halogens is 1. The molecule has 1 heterocycles. The molecule has 0 bridgehead atoms. The van der Waals surface area contributed by atoms with E-state index in [1.807, 2.05) is 31.2 Å². The second-order valence-corrected chi connectivity index (χ2v) is 7.42. The molecular formula is C21H23ClN2O3. The van der Waals surface area contributed by atoms with E-state index in [9.17, 15) is 9.59 Å². The molecule has 27 heavy (non-hydrogen) atoms. The molecule has 1 aliphatic rings. The maximum absolute atomic E-state index is 13.4. The van der Waals surface area contributed by atoms with E-state index in [0.29, 0.717) is 23.7 Å². The molecule has 0 aromatic heterocycles. The fourth-order valence-corrected chi connectivity index (χ4v) is 3.40. The lowest BCUT2D eigenvalue weighted by molar-refractivity contribution is -0.134. The highest BCUT2D eigenvalue weighted by Gasteiger charge is 2.44. The molecule has 2 amide bonds. The van der Waals surface area contributed by atoms with Crippen molar-refractivity contribution in [2.45, 2.75) is 38.8 Å². The van der Waals surface area contributed by atoms with Gasteiger partial charge in [-0.25, -0.2) is 0 Å². The molecule has 0 spiro atoms. The SMILES string of the molecule is CCNC(=O)C1Cc2ccccc2N1C(=O)C(C)(C)Oc1ccc(Cl)cc1. The van der Waals surface area contributed by atoms with Gasteiger partial charge in [0.25, 0.3) is 5.91 Å². The van der Waals surface area contributed by atoms with Gasteiger partial charge in [0.05, 0.1) is 0 Å². The number of hydrogen-bond donors (Lipinski definition) is 1. The number of amides is 2. The lowest BCUT2D eigenvalue weighted by atomic mass is 10.1. The molecule has 2 aromatic carbocycles. The first kappa shape index (κ1) is 19.2. The predicted molar refractivity (Wildman–Crippen MR) is 106 cm³/mol. The van der Waals surface area contributed by atoms with Gasteiger partial charge in [-0.1, -0.05) is 29.8 Å². The van der Waals surface area contributed by atoms with Crippen LogP contribution >= 0.6 is 11.6 Å². The third-order valence-electron chi connectivity index (χ3n) is 4.55. The summed E-state index contributed by atoms with van der Waals surface area (Å²) in [4.78, 5) is 27.6. The number of nitrogens with zero attached hydrogens (tertiary/aromatic N) is 1. The normalized spacial score (nSPS) is 16.0. The summed E-state index contributed by atoms with van der Waals surface area (Å²) >= 11 is 5.91. The topological polar surface area (TPSA) is 58.6 Å². The molecule has 0 saturated carbocycles. The van der Waals surface area contributed by atoms with Gasteiger partial charge >= 0.3 is 0 Å². The number of anilines is 1. The number of carbonyl (C=O) groups is 2. The number of benzene rings is 2. The summed E-state index contributed by atoms with van der Waals surface area (Å²) in [6.45, 7) is 5.79. The van der Waals surface area contributed by atoms with Crippen molar-refractivity contribution < 1.29 is 14.3 Å². The quantitative estimate of drug-likeness (QED) is 0.854. The van der Waals surface area contributed by atoms with E-state index in [4.69, 9.17) is 16.3 Å². The van der Waals surface area contributed by atoms with Gasteiger partial charge in [-0.3, -0.25) is 14.5 Å². The summed E-state index contributed by atoms with van der Waals surface area (Å²) in [6.07, 6.45) is 0.491. The van der Waals surface area contributed by atoms with Crippen LogP contribution in [-0.2, 0) is 16.0 Å². The van der Waals surface area contributed by atoms with Crippen LogP contribution in [0.25, 0.3) is 0 Å². The molecule has 0 fully saturated rings. The Morgan fingerprint density at radius 3 is 2.52 bits per heavy atom. The number of fused-ring (bicyclic) bond motifs is 1. The summed E-state index contributed by atoms with van der Waals surface area (Å²) in [7, 11) is 0. The van der Waals surface area contributed by atoms with E-state index in [2.05, 4.69) is 5.32 Å². The maximum Gasteiger partial charge on any atom is 0.271 e. The zero-order chi connectivity index (χ0) is 19.6. The first-order chi connectivity index (χ1) is 12.8. The third-order valence-corrected chi connectivity index (χ3v) is 4.80. The number of para-hydroxylation sites is 1. The van der Waals surface area contributed by atoms with E-state index < -0.39 is 11.6 Å². The van der Waals surface area contributed by atoms with Crippen LogP contribution in [0.4, 0.5) is 5.69 Å². The molecule has 142 valence electrons. The summed E-state index contributed by atoms with van der Waals surface area (Å²) in [5, 5.41) is 3.42. The molecule has 1 unspecified atom stereocenters. The van der Waals surface area contributed by atoms with Crippen molar-refractivity contribution >= 4 is 29.1 Å². The van der Waals surface area contributed by atoms with Gasteiger partial charge in [0, 0.05) is 23.7 Å². The molecule has 1 atom stereocenters. The highest BCUT2D eigenvalue weighted by Crippen LogP contribution is 2.35. The van der Waals surface area contributed by atoms with Crippen LogP contribution in [-0.4, -0.2) is 30.0 Å². The van der Waals surface area contributed by atoms with E-state index in [1.54, 1.807) is 43.0 Å². The average molecular weight is 387 g/mol. The lowest BCUT2D eigenvalue weighted by Crippen LogP contribution is -2.55. The van der Waals surface area contributed by atoms with E-state index >= 15 is 0 Å². The number of likely N-dealkylation sites (N-methyl/N-ethyl adjacent to an activating group) is 1. The Kier molecular flexibility index (Phi) is 5.42. The van der Waals surface area contributed by atoms with Crippen molar-refractivity contribution in [1.29, 1.82) is 0 Å². The van der Waals surface area contributed by atoms with Crippen LogP contribution in [0.2, 0.25) is 5.02 Å². The van der Waals surface area contributed by atoms with Gasteiger partial charge in [-0.2, -0.15) is 0 Å². The van der Waals surface area contributed by atoms with Crippen molar-refractivity contribution in [3.8, 4) is 5.75 Å². The monoisotopic (exact) mass is 386 g/mol. The molecule has 1 N–H and O–H groups in total. The lowest BCUT2D eigenvalue weighted by Gasteiger charge is -2.33. The number of nitrogens with one attached hydrogen (secondary N) is 1. The summed E-state index contributed by atoms with van der Waals surface area (Å²) in [5.74, 6) is 0.114. The zero-order valence-corrected chi connectivity index (χ0v) is 16.4. The molecule has 0 aliphatic carbocycles. The van der Waals surface area contributed by atoms with E-state index in [0.717, 1.165) is 11.3 Å². The maximum atomic E-state index is 13.4. The van der Waals surface area contributed by atoms with Crippen molar-refractivity contribution in [1.82, 2.24) is 5.32 Å². The first-order valence-corrected chi connectivity index (χ1v) is 9.35. The Morgan fingerprint density at radius 2 is 1.85 bits per heavy atom. The number of rotatable bonds is 5. The smallest absolute Gasteiger partial charge is 0.271 e. The van der Waals surface area contributed by atoms with E-state index in [-0.39, 0.29) is 11.8 Å². The molecule has 0 radical (unpaired) electrons. The second kappa shape index (κ2) is 7.61. The molecule has 3 rings (SSSR count). The minimum Gasteiger partial charge on any atom is -0.478 e. The Morgan fingerprint density at radius 1 is 1.19 bits per heavy atom. The molecule has 2 aromatic rings. The van der Waals surface area contributed by atoms with Gasteiger partial charge < -0.3 is 10.1 Å². The van der Waals surface area contributed by atoms with Crippen LogP contribution in [0.5, 0.6) is 5.75 Å². The highest BCUT2D eigenvalue weighted by atomic mass is 35.5. The molecular weight excluding hydrogens is 364 g/mol. The van der Waals surface area contributed by atoms with E-state index in [1.165, 1.54) is 0 Å². The second-order valence-electron chi connectivity index (χ2n) is 6.98. The van der Waals surface area contributed by atoms with Crippen LogP contribution in [0, 0.1) is 0 Å². The van der Waals surface area contributed by atoms with Crippen LogP contribution in [0.1, 0.15) is 26.3 Å². The van der Waals surface area contributed by atoms with Gasteiger partial charge in [-0.05, 0) is 56.7 Å². The zero-order valence-electron chi connectivity index (χ0n) is 15.7. The van der Waals surface area contributed by atoms with Crippen LogP contribution < -0.4 is 15.0 Å². The molecule has 6 heteroatoms. The van der Waals surface area contributed by atoms with Gasteiger partial charge in [0.15, 0.2) is 5.60 Å². The fourth-order valence-electron chi connectivity index (χ4n) is 3.27. The third kappa shape index (κ3) is 3.93. The fraction of sp³-hybridized carbons (Fsp3) is 0.333. The van der Waals surface area contributed by atoms with Crippen molar-refractivity contribution in [3.05, 3.63) is 59.1 Å². The first-order valence-electron chi connectivity index (χ1n) is 8.97. The largest absolute Gasteiger partial charge is 0.478 e. The highest BCUT2D eigenvalue weighted by molar-refractivity contribution is 6.30. The van der Waals surface area contributed by atoms with Crippen molar-refractivity contribution in [3.63, 3.8) is 0 Å².